The third-order valence-electron chi connectivity index (χ3n) is 5.21. The minimum Gasteiger partial charge on any atom is -0.423 e. The van der Waals surface area contributed by atoms with Crippen LogP contribution in [-0.2, 0) is 5.60 Å². The van der Waals surface area contributed by atoms with Crippen molar-refractivity contribution in [2.45, 2.75) is 46.9 Å². The van der Waals surface area contributed by atoms with Crippen LogP contribution in [0.15, 0.2) is 66.9 Å². The van der Waals surface area contributed by atoms with Gasteiger partial charge in [0.1, 0.15) is 17.6 Å². The smallest absolute Gasteiger partial charge is 0.422 e. The topological polar surface area (TPSA) is 63.3 Å². The Bertz CT molecular complexity index is 1330. The summed E-state index contributed by atoms with van der Waals surface area (Å²) >= 11 is 1.74. The summed E-state index contributed by atoms with van der Waals surface area (Å²) in [6, 6.07) is 5.91. The monoisotopic (exact) mass is 501 g/mol. The Balaban J connectivity index is 1.68. The van der Waals surface area contributed by atoms with Gasteiger partial charge in [0.2, 0.25) is 0 Å². The fraction of sp³-hybridized carbons (Fsp3) is 0.273. The summed E-state index contributed by atoms with van der Waals surface area (Å²) in [4.78, 5) is 16.2. The quantitative estimate of drug-likeness (QED) is 0.318. The summed E-state index contributed by atoms with van der Waals surface area (Å²) in [5, 5.41) is 10.6. The van der Waals surface area contributed by atoms with E-state index in [9.17, 15) is 31.9 Å². The SMILES string of the molecule is CCC(O)(c1cnc(Sc2ccc3c(C4=CC(F)=CC(F)C4)cc(=O)oc3c2)s1)C(F)(F)F. The van der Waals surface area contributed by atoms with E-state index >= 15 is 0 Å². The Hall–Kier alpha value is -2.50. The third kappa shape index (κ3) is 4.62. The molecule has 2 aromatic heterocycles. The number of halogens is 5. The zero-order valence-corrected chi connectivity index (χ0v) is 18.6. The van der Waals surface area contributed by atoms with Gasteiger partial charge in [0, 0.05) is 29.0 Å². The Morgan fingerprint density at radius 2 is 2.06 bits per heavy atom. The maximum atomic E-state index is 13.8. The van der Waals surface area contributed by atoms with Crippen molar-refractivity contribution in [1.82, 2.24) is 4.98 Å². The fourth-order valence-corrected chi connectivity index (χ4v) is 5.65. The molecule has 174 valence electrons. The number of allylic oxidation sites excluding steroid dienone is 4. The van der Waals surface area contributed by atoms with Crippen LogP contribution in [0, 0.1) is 0 Å². The maximum absolute atomic E-state index is 13.8. The van der Waals surface area contributed by atoms with Gasteiger partial charge in [0.05, 0.1) is 4.88 Å². The van der Waals surface area contributed by atoms with Crippen LogP contribution in [0.2, 0.25) is 0 Å². The second kappa shape index (κ2) is 8.69. The number of hydrogen-bond acceptors (Lipinski definition) is 6. The van der Waals surface area contributed by atoms with E-state index in [0.29, 0.717) is 32.8 Å². The summed E-state index contributed by atoms with van der Waals surface area (Å²) in [6.45, 7) is 1.23. The van der Waals surface area contributed by atoms with Crippen molar-refractivity contribution in [2.24, 2.45) is 0 Å². The first kappa shape index (κ1) is 23.7. The lowest BCUT2D eigenvalue weighted by Crippen LogP contribution is -2.40. The highest BCUT2D eigenvalue weighted by molar-refractivity contribution is 8.01. The lowest BCUT2D eigenvalue weighted by molar-refractivity contribution is -0.266. The number of thiazole rings is 1. The molecular formula is C22H16F5NO3S2. The van der Waals surface area contributed by atoms with Gasteiger partial charge in [-0.15, -0.1) is 11.3 Å². The van der Waals surface area contributed by atoms with E-state index < -0.39 is 35.8 Å². The molecule has 3 aromatic rings. The summed E-state index contributed by atoms with van der Waals surface area (Å²) in [5.41, 5.74) is -2.87. The highest BCUT2D eigenvalue weighted by Gasteiger charge is 2.54. The predicted molar refractivity (Wildman–Crippen MR) is 116 cm³/mol. The second-order valence-corrected chi connectivity index (χ2v) is 9.73. The largest absolute Gasteiger partial charge is 0.423 e. The Kier molecular flexibility index (Phi) is 6.23. The van der Waals surface area contributed by atoms with E-state index in [2.05, 4.69) is 4.98 Å². The average Bonchev–Trinajstić information content (AvgIpc) is 3.19. The zero-order chi connectivity index (χ0) is 24.0. The van der Waals surface area contributed by atoms with E-state index in [0.717, 1.165) is 24.0 Å². The normalized spacial score (nSPS) is 18.7. The summed E-state index contributed by atoms with van der Waals surface area (Å²) in [5.74, 6) is -0.734. The van der Waals surface area contributed by atoms with Crippen LogP contribution in [0.5, 0.6) is 0 Å². The molecule has 33 heavy (non-hydrogen) atoms. The van der Waals surface area contributed by atoms with Crippen molar-refractivity contribution in [3.05, 3.63) is 69.3 Å². The van der Waals surface area contributed by atoms with Gasteiger partial charge in [-0.1, -0.05) is 18.7 Å². The fourth-order valence-electron chi connectivity index (χ4n) is 3.49. The van der Waals surface area contributed by atoms with Crippen molar-refractivity contribution < 1.29 is 31.5 Å². The molecule has 0 bridgehead atoms. The van der Waals surface area contributed by atoms with E-state index in [-0.39, 0.29) is 21.2 Å². The lowest BCUT2D eigenvalue weighted by Gasteiger charge is -2.27. The number of benzene rings is 1. The zero-order valence-electron chi connectivity index (χ0n) is 17.0. The first-order valence-electron chi connectivity index (χ1n) is 9.73. The predicted octanol–water partition coefficient (Wildman–Crippen LogP) is 6.54. The number of fused-ring (bicyclic) bond motifs is 1. The van der Waals surface area contributed by atoms with Crippen molar-refractivity contribution >= 4 is 39.6 Å². The van der Waals surface area contributed by atoms with E-state index in [1.54, 1.807) is 12.1 Å². The first-order valence-corrected chi connectivity index (χ1v) is 11.4. The van der Waals surface area contributed by atoms with Crippen molar-refractivity contribution in [3.8, 4) is 0 Å². The number of aromatic nitrogens is 1. The maximum Gasteiger partial charge on any atom is 0.422 e. The van der Waals surface area contributed by atoms with Gasteiger partial charge in [-0.25, -0.2) is 18.6 Å². The summed E-state index contributed by atoms with van der Waals surface area (Å²) in [6.07, 6.45) is -4.00. The molecular weight excluding hydrogens is 485 g/mol. The number of nitrogens with zero attached hydrogens (tertiary/aromatic N) is 1. The molecule has 0 spiro atoms. The molecule has 0 saturated heterocycles. The van der Waals surface area contributed by atoms with Crippen LogP contribution in [0.3, 0.4) is 0 Å². The van der Waals surface area contributed by atoms with Gasteiger partial charge in [0.15, 0.2) is 9.94 Å². The van der Waals surface area contributed by atoms with Gasteiger partial charge in [-0.2, -0.15) is 13.2 Å². The van der Waals surface area contributed by atoms with Crippen LogP contribution in [0.4, 0.5) is 22.0 Å². The molecule has 0 radical (unpaired) electrons. The molecule has 1 aliphatic carbocycles. The van der Waals surface area contributed by atoms with Crippen LogP contribution < -0.4 is 5.63 Å². The van der Waals surface area contributed by atoms with Crippen LogP contribution >= 0.6 is 23.1 Å². The average molecular weight is 501 g/mol. The summed E-state index contributed by atoms with van der Waals surface area (Å²) in [7, 11) is 0. The first-order chi connectivity index (χ1) is 15.5. The Labute approximate surface area is 192 Å². The molecule has 4 nitrogen and oxygen atoms in total. The van der Waals surface area contributed by atoms with Gasteiger partial charge in [-0.3, -0.25) is 0 Å². The van der Waals surface area contributed by atoms with Gasteiger partial charge < -0.3 is 9.52 Å². The molecule has 4 rings (SSSR count). The molecule has 0 aliphatic heterocycles. The molecule has 2 heterocycles. The van der Waals surface area contributed by atoms with E-state index in [1.807, 2.05) is 0 Å². The molecule has 0 amide bonds. The molecule has 11 heteroatoms. The summed E-state index contributed by atoms with van der Waals surface area (Å²) < 4.78 is 72.9. The number of rotatable bonds is 5. The minimum atomic E-state index is -4.85. The van der Waals surface area contributed by atoms with Gasteiger partial charge >= 0.3 is 11.8 Å². The number of hydrogen-bond donors (Lipinski definition) is 1. The molecule has 0 fully saturated rings. The Morgan fingerprint density at radius 1 is 1.30 bits per heavy atom. The molecule has 1 aliphatic rings. The molecule has 2 atom stereocenters. The lowest BCUT2D eigenvalue weighted by atomic mass is 9.94. The molecule has 2 unspecified atom stereocenters. The van der Waals surface area contributed by atoms with Crippen LogP contribution in [0.1, 0.15) is 30.2 Å². The van der Waals surface area contributed by atoms with E-state index in [1.165, 1.54) is 25.1 Å². The third-order valence-corrected chi connectivity index (χ3v) is 7.42. The molecule has 1 aromatic carbocycles. The number of aliphatic hydroxyl groups is 1. The van der Waals surface area contributed by atoms with Crippen molar-refractivity contribution in [1.29, 1.82) is 0 Å². The molecule has 0 saturated carbocycles. The van der Waals surface area contributed by atoms with Gasteiger partial charge in [-0.05, 0) is 47.9 Å². The van der Waals surface area contributed by atoms with Crippen molar-refractivity contribution in [3.63, 3.8) is 0 Å². The van der Waals surface area contributed by atoms with E-state index in [4.69, 9.17) is 4.42 Å². The molecule has 1 N–H and O–H groups in total. The number of alkyl halides is 4. The highest BCUT2D eigenvalue weighted by atomic mass is 32.2. The standard InChI is InChI=1S/C22H16F5NO3S2/c1-2-21(30,22(25,26)27)18-10-28-20(33-18)32-14-3-4-15-16(9-19(29)31-17(15)8-14)11-5-12(23)7-13(24)6-11/h3-5,7-10,13,30H,2,6H2,1H3. The van der Waals surface area contributed by atoms with Crippen LogP contribution in [0.25, 0.3) is 16.5 Å². The van der Waals surface area contributed by atoms with Gasteiger partial charge in [0.25, 0.3) is 0 Å². The second-order valence-electron chi connectivity index (χ2n) is 7.38. The Morgan fingerprint density at radius 3 is 2.73 bits per heavy atom. The minimum absolute atomic E-state index is 0.0933. The van der Waals surface area contributed by atoms with Crippen molar-refractivity contribution in [2.75, 3.05) is 0 Å². The highest BCUT2D eigenvalue weighted by Crippen LogP contribution is 2.45. The van der Waals surface area contributed by atoms with Crippen LogP contribution in [-0.4, -0.2) is 22.4 Å².